The molecule has 0 spiro atoms. The van der Waals surface area contributed by atoms with Crippen LogP contribution < -0.4 is 0 Å². The Morgan fingerprint density at radius 2 is 0.481 bits per heavy atom. The van der Waals surface area contributed by atoms with Crippen LogP contribution in [-0.4, -0.2) is 37.2 Å². The van der Waals surface area contributed by atoms with Gasteiger partial charge in [-0.25, -0.2) is 0 Å². The minimum atomic E-state index is -0.794. The van der Waals surface area contributed by atoms with Crippen molar-refractivity contribution in [3.63, 3.8) is 0 Å². The minimum absolute atomic E-state index is 0.0875. The first-order chi connectivity index (χ1) is 40.0. The highest BCUT2D eigenvalue weighted by Crippen LogP contribution is 2.16. The van der Waals surface area contributed by atoms with Gasteiger partial charge in [-0.3, -0.25) is 14.4 Å². The van der Waals surface area contributed by atoms with Crippen LogP contribution in [0.4, 0.5) is 0 Å². The largest absolute Gasteiger partial charge is 0.462 e. The van der Waals surface area contributed by atoms with Gasteiger partial charge in [0.25, 0.3) is 0 Å². The Morgan fingerprint density at radius 3 is 0.753 bits per heavy atom. The zero-order chi connectivity index (χ0) is 58.5. The van der Waals surface area contributed by atoms with Crippen LogP contribution >= 0.6 is 0 Å². The zero-order valence-electron chi connectivity index (χ0n) is 53.0. The highest BCUT2D eigenvalue weighted by atomic mass is 16.6. The Hall–Kier alpha value is -4.19. The highest BCUT2D eigenvalue weighted by molar-refractivity contribution is 5.71. The molecule has 0 bridgehead atoms. The second-order valence-corrected chi connectivity index (χ2v) is 22.3. The smallest absolute Gasteiger partial charge is 0.306 e. The molecule has 0 aromatic heterocycles. The molecular weight excluding hydrogens is 997 g/mol. The lowest BCUT2D eigenvalue weighted by Gasteiger charge is -2.18. The van der Waals surface area contributed by atoms with Crippen LogP contribution in [0.3, 0.4) is 0 Å². The second kappa shape index (κ2) is 68.3. The molecular formula is C75H126O6. The van der Waals surface area contributed by atoms with E-state index in [4.69, 9.17) is 14.2 Å². The van der Waals surface area contributed by atoms with Gasteiger partial charge in [0.1, 0.15) is 13.2 Å². The van der Waals surface area contributed by atoms with Crippen molar-refractivity contribution in [3.05, 3.63) is 122 Å². The minimum Gasteiger partial charge on any atom is -0.462 e. The molecule has 6 nitrogen and oxygen atoms in total. The van der Waals surface area contributed by atoms with Crippen LogP contribution in [0, 0.1) is 0 Å². The summed E-state index contributed by atoms with van der Waals surface area (Å²) in [6.07, 6.45) is 94.9. The molecule has 81 heavy (non-hydrogen) atoms. The zero-order valence-corrected chi connectivity index (χ0v) is 53.0. The van der Waals surface area contributed by atoms with E-state index in [1.165, 1.54) is 141 Å². The quantitative estimate of drug-likeness (QED) is 0.0261. The number of carbonyl (C=O) groups excluding carboxylic acids is 3. The molecule has 0 aromatic rings. The maximum Gasteiger partial charge on any atom is 0.306 e. The van der Waals surface area contributed by atoms with Crippen molar-refractivity contribution in [2.24, 2.45) is 0 Å². The molecule has 0 aromatic carbocycles. The third-order valence-electron chi connectivity index (χ3n) is 14.4. The molecule has 0 aliphatic carbocycles. The number of hydrogen-bond donors (Lipinski definition) is 0. The lowest BCUT2D eigenvalue weighted by Crippen LogP contribution is -2.30. The monoisotopic (exact) mass is 1120 g/mol. The standard InChI is InChI=1S/C75H126O6/c1-4-7-10-13-16-19-22-25-28-31-33-34-35-36-37-38-39-40-42-44-47-50-53-56-59-62-65-68-74(77)80-71-72(70-79-73(76)67-64-61-58-55-52-49-46-43-30-27-24-21-18-15-12-9-6-3)81-75(78)69-66-63-60-57-54-51-48-45-41-32-29-26-23-20-17-14-11-8-5-2/h7-8,10-11,16-21,25-30,33-34,41,45,72H,4-6,9,12-15,22-24,31-32,35-40,42-44,46-71H2,1-3H3/b10-7-,11-8-,19-16-,20-17-,21-18-,28-25-,29-26-,30-27-,34-33-,45-41-. The predicted molar refractivity (Wildman–Crippen MR) is 353 cm³/mol. The highest BCUT2D eigenvalue weighted by Gasteiger charge is 2.19. The van der Waals surface area contributed by atoms with Crippen LogP contribution in [-0.2, 0) is 28.6 Å². The van der Waals surface area contributed by atoms with E-state index in [1.807, 2.05) is 0 Å². The summed E-state index contributed by atoms with van der Waals surface area (Å²) in [5.41, 5.74) is 0. The maximum atomic E-state index is 12.9. The summed E-state index contributed by atoms with van der Waals surface area (Å²) in [5.74, 6) is -0.900. The molecule has 0 saturated carbocycles. The van der Waals surface area contributed by atoms with Gasteiger partial charge < -0.3 is 14.2 Å². The first-order valence-electron chi connectivity index (χ1n) is 34.0. The van der Waals surface area contributed by atoms with Crippen molar-refractivity contribution in [1.29, 1.82) is 0 Å². The number of ether oxygens (including phenoxy) is 3. The van der Waals surface area contributed by atoms with Gasteiger partial charge in [0.15, 0.2) is 6.10 Å². The Bertz CT molecular complexity index is 1670. The Balaban J connectivity index is 4.36. The molecule has 0 aliphatic rings. The number of unbranched alkanes of at least 4 members (excludes halogenated alkanes) is 30. The van der Waals surface area contributed by atoms with E-state index in [9.17, 15) is 14.4 Å². The fourth-order valence-corrected chi connectivity index (χ4v) is 9.40. The van der Waals surface area contributed by atoms with Crippen molar-refractivity contribution in [2.45, 2.75) is 322 Å². The van der Waals surface area contributed by atoms with Gasteiger partial charge in [0.2, 0.25) is 0 Å². The average Bonchev–Trinajstić information content (AvgIpc) is 3.47. The first kappa shape index (κ1) is 76.8. The third-order valence-corrected chi connectivity index (χ3v) is 14.4. The number of hydrogen-bond acceptors (Lipinski definition) is 6. The fraction of sp³-hybridized carbons (Fsp3) is 0.693. The summed E-state index contributed by atoms with van der Waals surface area (Å²) >= 11 is 0. The fourth-order valence-electron chi connectivity index (χ4n) is 9.40. The lowest BCUT2D eigenvalue weighted by molar-refractivity contribution is -0.167. The van der Waals surface area contributed by atoms with Crippen molar-refractivity contribution in [3.8, 4) is 0 Å². The van der Waals surface area contributed by atoms with E-state index in [-0.39, 0.29) is 31.1 Å². The molecule has 1 unspecified atom stereocenters. The van der Waals surface area contributed by atoms with E-state index in [0.29, 0.717) is 19.3 Å². The summed E-state index contributed by atoms with van der Waals surface area (Å²) in [4.78, 5) is 38.4. The van der Waals surface area contributed by atoms with E-state index in [2.05, 4.69) is 142 Å². The first-order valence-corrected chi connectivity index (χ1v) is 34.0. The van der Waals surface area contributed by atoms with Gasteiger partial charge in [0, 0.05) is 19.3 Å². The number of esters is 3. The average molecular weight is 1120 g/mol. The Kier molecular flexibility index (Phi) is 64.8. The molecule has 0 radical (unpaired) electrons. The van der Waals surface area contributed by atoms with Gasteiger partial charge in [-0.1, -0.05) is 290 Å². The third kappa shape index (κ3) is 66.5. The van der Waals surface area contributed by atoms with Crippen molar-refractivity contribution in [2.75, 3.05) is 13.2 Å². The SMILES string of the molecule is CC/C=C\C/C=C\C/C=C\C/C=C\CCCCCCCCCCCCCCCCC(=O)OCC(COC(=O)CCCCCCCCC/C=C\C/C=C\CCCCC)OC(=O)CCCCCCCC/C=C\C/C=C\C/C=C\C/C=C\CC. The molecule has 0 fully saturated rings. The normalized spacial score (nSPS) is 12.9. The molecule has 0 aliphatic heterocycles. The summed E-state index contributed by atoms with van der Waals surface area (Å²) < 4.78 is 17.0. The Morgan fingerprint density at radius 1 is 0.259 bits per heavy atom. The molecule has 0 rings (SSSR count). The van der Waals surface area contributed by atoms with Crippen molar-refractivity contribution >= 4 is 17.9 Å². The Labute approximate surface area is 501 Å². The van der Waals surface area contributed by atoms with Gasteiger partial charge in [-0.2, -0.15) is 0 Å². The molecule has 0 heterocycles. The van der Waals surface area contributed by atoms with E-state index < -0.39 is 6.10 Å². The van der Waals surface area contributed by atoms with Crippen molar-refractivity contribution in [1.82, 2.24) is 0 Å². The molecule has 462 valence electrons. The van der Waals surface area contributed by atoms with E-state index in [0.717, 1.165) is 135 Å². The number of rotatable bonds is 61. The molecule has 6 heteroatoms. The maximum absolute atomic E-state index is 12.9. The van der Waals surface area contributed by atoms with Crippen LogP contribution in [0.1, 0.15) is 316 Å². The molecule has 0 amide bonds. The van der Waals surface area contributed by atoms with Gasteiger partial charge in [-0.05, 0) is 128 Å². The van der Waals surface area contributed by atoms with Crippen LogP contribution in [0.15, 0.2) is 122 Å². The van der Waals surface area contributed by atoms with Crippen LogP contribution in [0.25, 0.3) is 0 Å². The lowest BCUT2D eigenvalue weighted by atomic mass is 10.0. The predicted octanol–water partition coefficient (Wildman–Crippen LogP) is 23.6. The molecule has 0 N–H and O–H groups in total. The van der Waals surface area contributed by atoms with E-state index in [1.54, 1.807) is 0 Å². The second-order valence-electron chi connectivity index (χ2n) is 22.3. The van der Waals surface area contributed by atoms with Gasteiger partial charge in [0.05, 0.1) is 0 Å². The topological polar surface area (TPSA) is 78.9 Å². The van der Waals surface area contributed by atoms with Crippen molar-refractivity contribution < 1.29 is 28.6 Å². The van der Waals surface area contributed by atoms with E-state index >= 15 is 0 Å². The molecule has 1 atom stereocenters. The van der Waals surface area contributed by atoms with Gasteiger partial charge in [-0.15, -0.1) is 0 Å². The summed E-state index contributed by atoms with van der Waals surface area (Å²) in [5, 5.41) is 0. The number of carbonyl (C=O) groups is 3. The summed E-state index contributed by atoms with van der Waals surface area (Å²) in [6, 6.07) is 0. The number of allylic oxidation sites excluding steroid dienone is 20. The van der Waals surface area contributed by atoms with Crippen LogP contribution in [0.5, 0.6) is 0 Å². The summed E-state index contributed by atoms with van der Waals surface area (Å²) in [7, 11) is 0. The molecule has 0 saturated heterocycles. The summed E-state index contributed by atoms with van der Waals surface area (Å²) in [6.45, 7) is 6.40. The van der Waals surface area contributed by atoms with Crippen LogP contribution in [0.2, 0.25) is 0 Å². The van der Waals surface area contributed by atoms with Gasteiger partial charge >= 0.3 is 17.9 Å².